The van der Waals surface area contributed by atoms with Crippen LogP contribution in [-0.4, -0.2) is 33.3 Å². The fourth-order valence-electron chi connectivity index (χ4n) is 3.01. The number of hydrogen-bond acceptors (Lipinski definition) is 5. The Hall–Kier alpha value is -2.42. The molecule has 0 fully saturated rings. The number of sulfonamides is 1. The molecule has 2 amide bonds. The van der Waals surface area contributed by atoms with Crippen LogP contribution in [0.4, 0.5) is 0 Å². The lowest BCUT2D eigenvalue weighted by molar-refractivity contribution is -0.121. The van der Waals surface area contributed by atoms with E-state index in [9.17, 15) is 18.0 Å². The van der Waals surface area contributed by atoms with E-state index in [2.05, 4.69) is 5.32 Å². The molecule has 0 spiro atoms. The first kappa shape index (κ1) is 23.9. The van der Waals surface area contributed by atoms with Gasteiger partial charge in [-0.2, -0.15) is 0 Å². The van der Waals surface area contributed by atoms with Crippen molar-refractivity contribution in [3.63, 3.8) is 0 Å². The normalized spacial score (nSPS) is 11.2. The Morgan fingerprint density at radius 3 is 2.47 bits per heavy atom. The Morgan fingerprint density at radius 1 is 1.07 bits per heavy atom. The summed E-state index contributed by atoms with van der Waals surface area (Å²) in [5, 5.41) is 3.15. The Balaban J connectivity index is 2.11. The summed E-state index contributed by atoms with van der Waals surface area (Å²) in [6, 6.07) is 11.8. The molecule has 0 bridgehead atoms. The lowest BCUT2D eigenvalue weighted by atomic mass is 10.0. The van der Waals surface area contributed by atoms with E-state index in [0.717, 1.165) is 31.7 Å². The number of carbonyl (C=O) groups is 2. The molecule has 30 heavy (non-hydrogen) atoms. The van der Waals surface area contributed by atoms with Crippen molar-refractivity contribution in [2.24, 2.45) is 5.73 Å². The molecule has 7 nitrogen and oxygen atoms in total. The minimum Gasteiger partial charge on any atom is -0.355 e. The van der Waals surface area contributed by atoms with Crippen molar-refractivity contribution in [2.45, 2.75) is 37.5 Å². The second-order valence-electron chi connectivity index (χ2n) is 6.82. The summed E-state index contributed by atoms with van der Waals surface area (Å²) in [5.74, 6) is -0.672. The molecule has 0 aliphatic heterocycles. The van der Waals surface area contributed by atoms with Crippen molar-refractivity contribution in [1.82, 2.24) is 10.0 Å². The number of unbranched alkanes of at least 4 members (excludes halogenated alkanes) is 1. The van der Waals surface area contributed by atoms with Gasteiger partial charge in [0, 0.05) is 42.6 Å². The van der Waals surface area contributed by atoms with E-state index in [1.807, 2.05) is 10.8 Å². The van der Waals surface area contributed by atoms with Crippen LogP contribution in [0.3, 0.4) is 0 Å². The number of aryl methyl sites for hydroxylation is 1. The molecule has 9 heteroatoms. The van der Waals surface area contributed by atoms with E-state index in [0.29, 0.717) is 35.7 Å². The van der Waals surface area contributed by atoms with E-state index in [4.69, 9.17) is 17.3 Å². The number of benzene rings is 2. The maximum atomic E-state index is 12.5. The molecular formula is C21H26ClN3O4S. The quantitative estimate of drug-likeness (QED) is 0.480. The summed E-state index contributed by atoms with van der Waals surface area (Å²) in [6.45, 7) is 2.05. The molecule has 0 atom stereocenters. The van der Waals surface area contributed by atoms with Gasteiger partial charge in [-0.3, -0.25) is 9.59 Å². The molecule has 0 aliphatic rings. The van der Waals surface area contributed by atoms with Crippen LogP contribution in [0, 0.1) is 0 Å². The Bertz CT molecular complexity index is 1010. The number of rotatable bonds is 10. The second-order valence-corrected chi connectivity index (χ2v) is 8.88. The maximum Gasteiger partial charge on any atom is 0.264 e. The molecular weight excluding hydrogens is 426 g/mol. The first-order chi connectivity index (χ1) is 14.2. The zero-order valence-electron chi connectivity index (χ0n) is 16.8. The van der Waals surface area contributed by atoms with E-state index >= 15 is 0 Å². The Kier molecular flexibility index (Phi) is 8.83. The highest BCUT2D eigenvalue weighted by atomic mass is 35.5. The van der Waals surface area contributed by atoms with Crippen LogP contribution < -0.4 is 15.8 Å². The van der Waals surface area contributed by atoms with Gasteiger partial charge >= 0.3 is 0 Å². The minimum atomic E-state index is -4.00. The summed E-state index contributed by atoms with van der Waals surface area (Å²) in [7, 11) is -4.00. The molecule has 2 aromatic rings. The number of hydrogen-bond donors (Lipinski definition) is 3. The first-order valence-corrected chi connectivity index (χ1v) is 11.5. The topological polar surface area (TPSA) is 118 Å². The smallest absolute Gasteiger partial charge is 0.264 e. The molecule has 0 saturated heterocycles. The van der Waals surface area contributed by atoms with Gasteiger partial charge < -0.3 is 11.1 Å². The van der Waals surface area contributed by atoms with E-state index in [-0.39, 0.29) is 10.8 Å². The molecule has 0 heterocycles. The molecule has 0 unspecified atom stereocenters. The second kappa shape index (κ2) is 11.1. The third-order valence-corrected chi connectivity index (χ3v) is 6.17. The maximum absolute atomic E-state index is 12.5. The predicted molar refractivity (Wildman–Crippen MR) is 118 cm³/mol. The van der Waals surface area contributed by atoms with Gasteiger partial charge in [0.05, 0.1) is 4.90 Å². The molecule has 0 aromatic heterocycles. The number of carbonyl (C=O) groups excluding carboxylic acids is 2. The average Bonchev–Trinajstić information content (AvgIpc) is 2.69. The van der Waals surface area contributed by atoms with Gasteiger partial charge in [-0.25, -0.2) is 13.1 Å². The van der Waals surface area contributed by atoms with Crippen LogP contribution >= 0.6 is 11.6 Å². The zero-order valence-corrected chi connectivity index (χ0v) is 18.4. The highest BCUT2D eigenvalue weighted by Gasteiger charge is 2.21. The first-order valence-electron chi connectivity index (χ1n) is 9.62. The fraction of sp³-hybridized carbons (Fsp3) is 0.333. The SMILES string of the molecule is CC(=O)NS(=O)(=O)c1ccccc1-c1ccc(CCCCC(=O)NCCN)cc1Cl. The van der Waals surface area contributed by atoms with Crippen LogP contribution in [0.5, 0.6) is 0 Å². The molecule has 0 saturated carbocycles. The molecule has 2 rings (SSSR count). The van der Waals surface area contributed by atoms with Gasteiger partial charge in [-0.05, 0) is 37.0 Å². The van der Waals surface area contributed by atoms with Crippen LogP contribution in [0.25, 0.3) is 11.1 Å². The van der Waals surface area contributed by atoms with Crippen molar-refractivity contribution in [3.05, 3.63) is 53.1 Å². The number of halogens is 1. The Morgan fingerprint density at radius 2 is 1.80 bits per heavy atom. The van der Waals surface area contributed by atoms with Gasteiger partial charge in [0.1, 0.15) is 0 Å². The van der Waals surface area contributed by atoms with Crippen molar-refractivity contribution in [2.75, 3.05) is 13.1 Å². The van der Waals surface area contributed by atoms with Crippen LogP contribution in [0.15, 0.2) is 47.4 Å². The molecule has 0 aliphatic carbocycles. The van der Waals surface area contributed by atoms with Crippen LogP contribution in [0.2, 0.25) is 5.02 Å². The molecule has 162 valence electrons. The monoisotopic (exact) mass is 451 g/mol. The predicted octanol–water partition coefficient (Wildman–Crippen LogP) is 2.62. The molecule has 4 N–H and O–H groups in total. The third-order valence-electron chi connectivity index (χ3n) is 4.36. The molecule has 0 radical (unpaired) electrons. The third kappa shape index (κ3) is 6.83. The Labute approximate surface area is 182 Å². The summed E-state index contributed by atoms with van der Waals surface area (Å²) < 4.78 is 27.0. The molecule has 2 aromatic carbocycles. The van der Waals surface area contributed by atoms with Gasteiger partial charge in [0.25, 0.3) is 10.0 Å². The van der Waals surface area contributed by atoms with Crippen molar-refractivity contribution < 1.29 is 18.0 Å². The largest absolute Gasteiger partial charge is 0.355 e. The summed E-state index contributed by atoms with van der Waals surface area (Å²) in [5.41, 5.74) is 7.32. The van der Waals surface area contributed by atoms with Gasteiger partial charge in [-0.15, -0.1) is 0 Å². The van der Waals surface area contributed by atoms with Crippen LogP contribution in [0.1, 0.15) is 31.7 Å². The minimum absolute atomic E-state index is 0.00850. The average molecular weight is 452 g/mol. The standard InChI is InChI=1S/C21H26ClN3O4S/c1-15(26)25-30(28,29)20-8-4-3-7-18(20)17-11-10-16(14-19(17)22)6-2-5-9-21(27)24-13-12-23/h3-4,7-8,10-11,14H,2,5-6,9,12-13,23H2,1H3,(H,24,27)(H,25,26). The summed E-state index contributed by atoms with van der Waals surface area (Å²) >= 11 is 6.45. The highest BCUT2D eigenvalue weighted by Crippen LogP contribution is 2.33. The number of nitrogens with one attached hydrogen (secondary N) is 2. The lowest BCUT2D eigenvalue weighted by Gasteiger charge is -2.13. The number of nitrogens with two attached hydrogens (primary N) is 1. The van der Waals surface area contributed by atoms with Crippen LogP contribution in [-0.2, 0) is 26.0 Å². The van der Waals surface area contributed by atoms with E-state index in [1.165, 1.54) is 6.07 Å². The van der Waals surface area contributed by atoms with E-state index < -0.39 is 15.9 Å². The van der Waals surface area contributed by atoms with Gasteiger partial charge in [0.15, 0.2) is 0 Å². The fourth-order valence-corrected chi connectivity index (χ4v) is 4.53. The summed E-state index contributed by atoms with van der Waals surface area (Å²) in [6.07, 6.45) is 2.75. The van der Waals surface area contributed by atoms with Gasteiger partial charge in [-0.1, -0.05) is 41.9 Å². The summed E-state index contributed by atoms with van der Waals surface area (Å²) in [4.78, 5) is 22.8. The van der Waals surface area contributed by atoms with Crippen molar-refractivity contribution in [3.8, 4) is 11.1 Å². The van der Waals surface area contributed by atoms with Crippen molar-refractivity contribution in [1.29, 1.82) is 0 Å². The van der Waals surface area contributed by atoms with E-state index in [1.54, 1.807) is 30.3 Å². The number of amides is 2. The zero-order chi connectivity index (χ0) is 22.1. The lowest BCUT2D eigenvalue weighted by Crippen LogP contribution is -2.28. The van der Waals surface area contributed by atoms with Crippen molar-refractivity contribution >= 4 is 33.4 Å². The van der Waals surface area contributed by atoms with Gasteiger partial charge in [0.2, 0.25) is 11.8 Å². The highest BCUT2D eigenvalue weighted by molar-refractivity contribution is 7.90.